The summed E-state index contributed by atoms with van der Waals surface area (Å²) in [5.41, 5.74) is 12.8. The lowest BCUT2D eigenvalue weighted by Crippen LogP contribution is -2.14. The molecule has 21 heavy (non-hydrogen) atoms. The van der Waals surface area contributed by atoms with E-state index in [1.165, 1.54) is 17.5 Å². The molecule has 0 saturated carbocycles. The summed E-state index contributed by atoms with van der Waals surface area (Å²) in [6, 6.07) is 9.82. The van der Waals surface area contributed by atoms with Gasteiger partial charge in [-0.05, 0) is 73.6 Å². The minimum Gasteiger partial charge on any atom is -0.398 e. The lowest BCUT2D eigenvalue weighted by atomic mass is 10.0. The first-order chi connectivity index (χ1) is 10.1. The molecule has 1 amide bonds. The summed E-state index contributed by atoms with van der Waals surface area (Å²) in [7, 11) is 0. The van der Waals surface area contributed by atoms with Gasteiger partial charge in [0.2, 0.25) is 0 Å². The topological polar surface area (TPSA) is 55.1 Å². The van der Waals surface area contributed by atoms with E-state index in [9.17, 15) is 4.79 Å². The zero-order chi connectivity index (χ0) is 15.0. The standard InChI is InChI=1S/C18H20N2O/c1-11-6-9-16(19)12(2)17(11)20-18(21)15-8-7-13-4-3-5-14(13)10-15/h6-10H,3-5,19H2,1-2H3,(H,20,21). The minimum absolute atomic E-state index is 0.0681. The number of aryl methyl sites for hydroxylation is 3. The first-order valence-corrected chi connectivity index (χ1v) is 7.35. The lowest BCUT2D eigenvalue weighted by molar-refractivity contribution is 0.102. The minimum atomic E-state index is -0.0681. The van der Waals surface area contributed by atoms with Gasteiger partial charge >= 0.3 is 0 Å². The summed E-state index contributed by atoms with van der Waals surface area (Å²) in [5, 5.41) is 3.01. The molecule has 0 unspecified atom stereocenters. The largest absolute Gasteiger partial charge is 0.398 e. The highest BCUT2D eigenvalue weighted by Gasteiger charge is 2.15. The van der Waals surface area contributed by atoms with E-state index in [2.05, 4.69) is 11.4 Å². The van der Waals surface area contributed by atoms with Gasteiger partial charge in [0.25, 0.3) is 5.91 Å². The van der Waals surface area contributed by atoms with Crippen LogP contribution in [0.3, 0.4) is 0 Å². The smallest absolute Gasteiger partial charge is 0.255 e. The predicted molar refractivity (Wildman–Crippen MR) is 86.7 cm³/mol. The average molecular weight is 280 g/mol. The van der Waals surface area contributed by atoms with E-state index in [0.717, 1.165) is 35.2 Å². The van der Waals surface area contributed by atoms with E-state index in [-0.39, 0.29) is 5.91 Å². The Morgan fingerprint density at radius 1 is 1.10 bits per heavy atom. The average Bonchev–Trinajstić information content (AvgIpc) is 2.94. The number of carbonyl (C=O) groups is 1. The second kappa shape index (κ2) is 5.24. The molecule has 2 aromatic carbocycles. The van der Waals surface area contributed by atoms with Crippen molar-refractivity contribution in [1.29, 1.82) is 0 Å². The van der Waals surface area contributed by atoms with Crippen LogP contribution in [0.15, 0.2) is 30.3 Å². The molecule has 2 aromatic rings. The van der Waals surface area contributed by atoms with Crippen molar-refractivity contribution in [2.45, 2.75) is 33.1 Å². The maximum atomic E-state index is 12.5. The molecule has 3 rings (SSSR count). The highest BCUT2D eigenvalue weighted by atomic mass is 16.1. The molecular weight excluding hydrogens is 260 g/mol. The molecule has 0 heterocycles. The number of hydrogen-bond donors (Lipinski definition) is 2. The van der Waals surface area contributed by atoms with Crippen LogP contribution in [-0.2, 0) is 12.8 Å². The molecule has 3 heteroatoms. The molecule has 0 atom stereocenters. The number of nitrogens with one attached hydrogen (secondary N) is 1. The summed E-state index contributed by atoms with van der Waals surface area (Å²) >= 11 is 0. The summed E-state index contributed by atoms with van der Waals surface area (Å²) in [4.78, 5) is 12.5. The number of amides is 1. The first kappa shape index (κ1) is 13.7. The van der Waals surface area contributed by atoms with Gasteiger partial charge in [0.1, 0.15) is 0 Å². The molecule has 0 bridgehead atoms. The Bertz CT molecular complexity index is 719. The van der Waals surface area contributed by atoms with E-state index in [0.29, 0.717) is 5.69 Å². The molecule has 3 nitrogen and oxygen atoms in total. The monoisotopic (exact) mass is 280 g/mol. The number of hydrogen-bond acceptors (Lipinski definition) is 2. The predicted octanol–water partition coefficient (Wildman–Crippen LogP) is 3.63. The molecule has 0 aliphatic heterocycles. The van der Waals surface area contributed by atoms with E-state index in [1.807, 2.05) is 38.1 Å². The number of anilines is 2. The SMILES string of the molecule is Cc1ccc(N)c(C)c1NC(=O)c1ccc2c(c1)CCC2. The molecule has 0 saturated heterocycles. The zero-order valence-corrected chi connectivity index (χ0v) is 12.5. The van der Waals surface area contributed by atoms with Crippen LogP contribution < -0.4 is 11.1 Å². The molecule has 0 aromatic heterocycles. The van der Waals surface area contributed by atoms with E-state index < -0.39 is 0 Å². The molecule has 0 fully saturated rings. The second-order valence-electron chi connectivity index (χ2n) is 5.76. The Balaban J connectivity index is 1.89. The highest BCUT2D eigenvalue weighted by molar-refractivity contribution is 6.05. The Hall–Kier alpha value is -2.29. The van der Waals surface area contributed by atoms with Gasteiger partial charge in [-0.3, -0.25) is 4.79 Å². The lowest BCUT2D eigenvalue weighted by Gasteiger charge is -2.14. The Morgan fingerprint density at radius 2 is 1.86 bits per heavy atom. The van der Waals surface area contributed by atoms with Crippen molar-refractivity contribution >= 4 is 17.3 Å². The third-order valence-corrected chi connectivity index (χ3v) is 4.31. The normalized spacial score (nSPS) is 13.0. The van der Waals surface area contributed by atoms with Crippen molar-refractivity contribution in [1.82, 2.24) is 0 Å². The summed E-state index contributed by atoms with van der Waals surface area (Å²) in [6.07, 6.45) is 3.39. The quantitative estimate of drug-likeness (QED) is 0.825. The first-order valence-electron chi connectivity index (χ1n) is 7.35. The summed E-state index contributed by atoms with van der Waals surface area (Å²) in [6.45, 7) is 3.91. The van der Waals surface area contributed by atoms with Gasteiger partial charge in [-0.2, -0.15) is 0 Å². The van der Waals surface area contributed by atoms with Crippen molar-refractivity contribution in [3.63, 3.8) is 0 Å². The fourth-order valence-corrected chi connectivity index (χ4v) is 2.95. The molecule has 3 N–H and O–H groups in total. The summed E-state index contributed by atoms with van der Waals surface area (Å²) < 4.78 is 0. The van der Waals surface area contributed by atoms with Gasteiger partial charge in [-0.1, -0.05) is 12.1 Å². The van der Waals surface area contributed by atoms with Gasteiger partial charge in [-0.15, -0.1) is 0 Å². The van der Waals surface area contributed by atoms with Crippen LogP contribution in [0.25, 0.3) is 0 Å². The highest BCUT2D eigenvalue weighted by Crippen LogP contribution is 2.27. The van der Waals surface area contributed by atoms with Gasteiger partial charge in [0, 0.05) is 16.9 Å². The van der Waals surface area contributed by atoms with Crippen molar-refractivity contribution in [2.75, 3.05) is 11.1 Å². The van der Waals surface area contributed by atoms with Crippen molar-refractivity contribution < 1.29 is 4.79 Å². The fraction of sp³-hybridized carbons (Fsp3) is 0.278. The van der Waals surface area contributed by atoms with Crippen LogP contribution in [0.4, 0.5) is 11.4 Å². The van der Waals surface area contributed by atoms with Crippen LogP contribution >= 0.6 is 0 Å². The van der Waals surface area contributed by atoms with Gasteiger partial charge in [-0.25, -0.2) is 0 Å². The molecule has 0 radical (unpaired) electrons. The number of benzene rings is 2. The third-order valence-electron chi connectivity index (χ3n) is 4.31. The van der Waals surface area contributed by atoms with E-state index in [4.69, 9.17) is 5.73 Å². The van der Waals surface area contributed by atoms with Crippen molar-refractivity contribution in [3.05, 3.63) is 58.1 Å². The maximum absolute atomic E-state index is 12.5. The molecule has 0 spiro atoms. The number of nitrogen functional groups attached to an aromatic ring is 1. The van der Waals surface area contributed by atoms with Crippen molar-refractivity contribution in [2.24, 2.45) is 0 Å². The molecule has 1 aliphatic carbocycles. The molecule has 1 aliphatic rings. The number of fused-ring (bicyclic) bond motifs is 1. The van der Waals surface area contributed by atoms with Crippen LogP contribution in [0.5, 0.6) is 0 Å². The van der Waals surface area contributed by atoms with Crippen LogP contribution in [0.1, 0.15) is 39.0 Å². The van der Waals surface area contributed by atoms with Gasteiger partial charge < -0.3 is 11.1 Å². The van der Waals surface area contributed by atoms with Crippen LogP contribution in [0, 0.1) is 13.8 Å². The molecule has 108 valence electrons. The number of nitrogens with two attached hydrogens (primary N) is 1. The fourth-order valence-electron chi connectivity index (χ4n) is 2.95. The van der Waals surface area contributed by atoms with Crippen LogP contribution in [0.2, 0.25) is 0 Å². The maximum Gasteiger partial charge on any atom is 0.255 e. The Morgan fingerprint density at radius 3 is 2.67 bits per heavy atom. The zero-order valence-electron chi connectivity index (χ0n) is 12.5. The van der Waals surface area contributed by atoms with Crippen LogP contribution in [-0.4, -0.2) is 5.91 Å². The summed E-state index contributed by atoms with van der Waals surface area (Å²) in [5.74, 6) is -0.0681. The Kier molecular flexibility index (Phi) is 3.42. The van der Waals surface area contributed by atoms with E-state index >= 15 is 0 Å². The Labute approximate surface area is 125 Å². The molecular formula is C18H20N2O. The van der Waals surface area contributed by atoms with E-state index in [1.54, 1.807) is 0 Å². The number of rotatable bonds is 2. The van der Waals surface area contributed by atoms with Gasteiger partial charge in [0.05, 0.1) is 0 Å². The van der Waals surface area contributed by atoms with Crippen molar-refractivity contribution in [3.8, 4) is 0 Å². The second-order valence-corrected chi connectivity index (χ2v) is 5.76. The number of carbonyl (C=O) groups excluding carboxylic acids is 1. The van der Waals surface area contributed by atoms with Gasteiger partial charge in [0.15, 0.2) is 0 Å². The third kappa shape index (κ3) is 2.51.